The highest BCUT2D eigenvalue weighted by molar-refractivity contribution is 6.19. The molecule has 108 valence electrons. The van der Waals surface area contributed by atoms with Gasteiger partial charge in [-0.2, -0.15) is 0 Å². The van der Waals surface area contributed by atoms with Crippen molar-refractivity contribution in [2.75, 3.05) is 5.88 Å². The van der Waals surface area contributed by atoms with Crippen LogP contribution in [0, 0.1) is 17.7 Å². The molecule has 1 nitrogen and oxygen atoms in total. The second-order valence-electron chi connectivity index (χ2n) is 4.54. The topological polar surface area (TPSA) is 9.23 Å². The first kappa shape index (κ1) is 15.4. The molecule has 0 radical (unpaired) electrons. The van der Waals surface area contributed by atoms with Crippen molar-refractivity contribution in [1.29, 1.82) is 0 Å². The maximum Gasteiger partial charge on any atom is 0.142 e. The summed E-state index contributed by atoms with van der Waals surface area (Å²) in [5, 5.41) is 0. The second kappa shape index (κ2) is 7.71. The van der Waals surface area contributed by atoms with Crippen LogP contribution in [0.1, 0.15) is 23.6 Å². The minimum absolute atomic E-state index is 0.186. The van der Waals surface area contributed by atoms with E-state index in [1.165, 1.54) is 11.6 Å². The number of benzene rings is 2. The second-order valence-corrected chi connectivity index (χ2v) is 4.80. The Morgan fingerprint density at radius 3 is 2.43 bits per heavy atom. The monoisotopic (exact) mass is 302 g/mol. The lowest BCUT2D eigenvalue weighted by Crippen LogP contribution is -1.96. The predicted molar refractivity (Wildman–Crippen MR) is 84.2 cm³/mol. The van der Waals surface area contributed by atoms with Crippen molar-refractivity contribution in [2.24, 2.45) is 0 Å². The van der Waals surface area contributed by atoms with Crippen LogP contribution in [0.3, 0.4) is 0 Å². The highest BCUT2D eigenvalue weighted by Gasteiger charge is 2.03. The summed E-state index contributed by atoms with van der Waals surface area (Å²) in [7, 11) is 0. The fourth-order valence-electron chi connectivity index (χ4n) is 1.85. The fraction of sp³-hybridized carbons (Fsp3) is 0.222. The summed E-state index contributed by atoms with van der Waals surface area (Å²) in [5.41, 5.74) is 2.67. The van der Waals surface area contributed by atoms with Crippen molar-refractivity contribution in [3.8, 4) is 17.6 Å². The summed E-state index contributed by atoms with van der Waals surface area (Å²) < 4.78 is 19.4. The van der Waals surface area contributed by atoms with Crippen LogP contribution >= 0.6 is 11.6 Å². The number of hydrogen-bond donors (Lipinski definition) is 0. The lowest BCUT2D eigenvalue weighted by molar-refractivity contribution is 0.304. The van der Waals surface area contributed by atoms with Crippen molar-refractivity contribution in [2.45, 2.75) is 20.0 Å². The Morgan fingerprint density at radius 2 is 1.81 bits per heavy atom. The maximum atomic E-state index is 13.8. The van der Waals surface area contributed by atoms with Crippen LogP contribution in [-0.4, -0.2) is 5.88 Å². The molecule has 0 aliphatic heterocycles. The minimum Gasteiger partial charge on any atom is -0.489 e. The van der Waals surface area contributed by atoms with E-state index < -0.39 is 5.82 Å². The van der Waals surface area contributed by atoms with Gasteiger partial charge in [0, 0.05) is 6.07 Å². The van der Waals surface area contributed by atoms with Crippen molar-refractivity contribution >= 4 is 11.6 Å². The molecule has 2 aromatic carbocycles. The van der Waals surface area contributed by atoms with E-state index in [1.54, 1.807) is 12.1 Å². The van der Waals surface area contributed by atoms with Gasteiger partial charge in [-0.3, -0.25) is 0 Å². The number of aryl methyl sites for hydroxylation is 1. The van der Waals surface area contributed by atoms with E-state index in [0.29, 0.717) is 17.9 Å². The van der Waals surface area contributed by atoms with Gasteiger partial charge in [0.15, 0.2) is 0 Å². The van der Waals surface area contributed by atoms with Crippen molar-refractivity contribution < 1.29 is 9.13 Å². The Labute approximate surface area is 129 Å². The van der Waals surface area contributed by atoms with Crippen LogP contribution < -0.4 is 4.74 Å². The minimum atomic E-state index is -0.397. The smallest absolute Gasteiger partial charge is 0.142 e. The predicted octanol–water partition coefficient (Wildman–Crippen LogP) is 4.56. The molecule has 0 aliphatic carbocycles. The molecule has 0 unspecified atom stereocenters. The summed E-state index contributed by atoms with van der Waals surface area (Å²) >= 11 is 5.45. The molecule has 0 spiro atoms. The third kappa shape index (κ3) is 4.51. The summed E-state index contributed by atoms with van der Waals surface area (Å²) in [5.74, 6) is 5.57. The molecular weight excluding hydrogens is 287 g/mol. The lowest BCUT2D eigenvalue weighted by Gasteiger charge is -2.07. The van der Waals surface area contributed by atoms with E-state index in [1.807, 2.05) is 12.1 Å². The summed E-state index contributed by atoms with van der Waals surface area (Å²) in [6.07, 6.45) is 1.01. The molecular formula is C18H16ClFO. The van der Waals surface area contributed by atoms with Crippen LogP contribution in [0.2, 0.25) is 0 Å². The Bertz CT molecular complexity index is 653. The molecule has 2 aromatic rings. The Balaban J connectivity index is 2.01. The van der Waals surface area contributed by atoms with E-state index in [4.69, 9.17) is 16.3 Å². The summed E-state index contributed by atoms with van der Waals surface area (Å²) in [6, 6.07) is 12.9. The van der Waals surface area contributed by atoms with Crippen LogP contribution in [-0.2, 0) is 13.0 Å². The van der Waals surface area contributed by atoms with E-state index >= 15 is 0 Å². The molecule has 21 heavy (non-hydrogen) atoms. The van der Waals surface area contributed by atoms with E-state index in [2.05, 4.69) is 30.9 Å². The third-order valence-corrected chi connectivity index (χ3v) is 3.20. The molecule has 0 fully saturated rings. The zero-order valence-electron chi connectivity index (χ0n) is 11.8. The molecule has 0 amide bonds. The van der Waals surface area contributed by atoms with Crippen molar-refractivity contribution in [3.05, 3.63) is 65.0 Å². The van der Waals surface area contributed by atoms with Crippen LogP contribution in [0.25, 0.3) is 0 Å². The first-order valence-corrected chi connectivity index (χ1v) is 7.31. The molecule has 0 aromatic heterocycles. The van der Waals surface area contributed by atoms with Gasteiger partial charge in [-0.1, -0.05) is 43.0 Å². The number of rotatable bonds is 4. The highest BCUT2D eigenvalue weighted by Crippen LogP contribution is 2.17. The van der Waals surface area contributed by atoms with Crippen LogP contribution in [0.4, 0.5) is 4.39 Å². The SMILES string of the molecule is CCc1ccc(COc2ccc(C#CCCl)c(F)c2)cc1. The molecule has 0 N–H and O–H groups in total. The number of ether oxygens (including phenoxy) is 1. The number of hydrogen-bond acceptors (Lipinski definition) is 1. The van der Waals surface area contributed by atoms with E-state index in [-0.39, 0.29) is 5.88 Å². The van der Waals surface area contributed by atoms with Gasteiger partial charge in [0.1, 0.15) is 18.2 Å². The number of halogens is 2. The molecule has 0 bridgehead atoms. The molecule has 0 heterocycles. The fourth-order valence-corrected chi connectivity index (χ4v) is 1.92. The van der Waals surface area contributed by atoms with Crippen molar-refractivity contribution in [1.82, 2.24) is 0 Å². The van der Waals surface area contributed by atoms with E-state index in [9.17, 15) is 4.39 Å². The van der Waals surface area contributed by atoms with Gasteiger partial charge in [-0.15, -0.1) is 11.6 Å². The average Bonchev–Trinajstić information content (AvgIpc) is 2.52. The Hall–Kier alpha value is -1.98. The molecule has 0 atom stereocenters. The maximum absolute atomic E-state index is 13.8. The Morgan fingerprint density at radius 1 is 1.10 bits per heavy atom. The van der Waals surface area contributed by atoms with Crippen LogP contribution in [0.5, 0.6) is 5.75 Å². The van der Waals surface area contributed by atoms with Crippen molar-refractivity contribution in [3.63, 3.8) is 0 Å². The Kier molecular flexibility index (Phi) is 5.66. The largest absolute Gasteiger partial charge is 0.489 e. The number of alkyl halides is 1. The first-order chi connectivity index (χ1) is 10.2. The van der Waals surface area contributed by atoms with Gasteiger partial charge < -0.3 is 4.74 Å². The van der Waals surface area contributed by atoms with Gasteiger partial charge >= 0.3 is 0 Å². The first-order valence-electron chi connectivity index (χ1n) is 6.78. The summed E-state index contributed by atoms with van der Waals surface area (Å²) in [4.78, 5) is 0. The quantitative estimate of drug-likeness (QED) is 0.594. The third-order valence-electron chi connectivity index (χ3n) is 3.07. The van der Waals surface area contributed by atoms with Gasteiger partial charge in [-0.05, 0) is 29.7 Å². The van der Waals surface area contributed by atoms with Gasteiger partial charge in [0.05, 0.1) is 11.4 Å². The van der Waals surface area contributed by atoms with Gasteiger partial charge in [0.2, 0.25) is 0 Å². The van der Waals surface area contributed by atoms with Crippen LogP contribution in [0.15, 0.2) is 42.5 Å². The molecule has 0 saturated heterocycles. The van der Waals surface area contributed by atoms with Gasteiger partial charge in [-0.25, -0.2) is 4.39 Å². The molecule has 0 saturated carbocycles. The standard InChI is InChI=1S/C18H16ClFO/c1-2-14-5-7-15(8-6-14)13-21-17-10-9-16(4-3-11-19)18(20)12-17/h5-10,12H,2,11,13H2,1H3. The molecule has 2 rings (SSSR count). The van der Waals surface area contributed by atoms with Gasteiger partial charge in [0.25, 0.3) is 0 Å². The zero-order chi connectivity index (χ0) is 15.1. The molecule has 0 aliphatic rings. The zero-order valence-corrected chi connectivity index (χ0v) is 12.6. The summed E-state index contributed by atoms with van der Waals surface area (Å²) in [6.45, 7) is 2.53. The lowest BCUT2D eigenvalue weighted by atomic mass is 10.1. The molecule has 3 heteroatoms. The average molecular weight is 303 g/mol. The van der Waals surface area contributed by atoms with E-state index in [0.717, 1.165) is 12.0 Å². The highest BCUT2D eigenvalue weighted by atomic mass is 35.5. The normalized spacial score (nSPS) is 9.86.